The van der Waals surface area contributed by atoms with Crippen LogP contribution in [0, 0.1) is 5.82 Å². The monoisotopic (exact) mass is 420 g/mol. The summed E-state index contributed by atoms with van der Waals surface area (Å²) in [6.07, 6.45) is 4.02. The molecule has 2 aromatic rings. The third kappa shape index (κ3) is 5.75. The summed E-state index contributed by atoms with van der Waals surface area (Å²) in [5.41, 5.74) is -0.325. The minimum atomic E-state index is -0.874. The highest BCUT2D eigenvalue weighted by Gasteiger charge is 2.43. The Morgan fingerprint density at radius 3 is 2.53 bits per heavy atom. The minimum Gasteiger partial charge on any atom is -0.483 e. The van der Waals surface area contributed by atoms with Crippen molar-refractivity contribution in [3.05, 3.63) is 42.5 Å². The smallest absolute Gasteiger partial charge is 0.290 e. The van der Waals surface area contributed by atoms with E-state index in [0.717, 1.165) is 0 Å². The van der Waals surface area contributed by atoms with Crippen molar-refractivity contribution in [2.75, 3.05) is 32.5 Å². The van der Waals surface area contributed by atoms with E-state index in [-0.39, 0.29) is 30.6 Å². The lowest BCUT2D eigenvalue weighted by Gasteiger charge is -2.43. The summed E-state index contributed by atoms with van der Waals surface area (Å²) in [7, 11) is 3.39. The maximum Gasteiger partial charge on any atom is 0.290 e. The van der Waals surface area contributed by atoms with E-state index in [9.17, 15) is 14.0 Å². The lowest BCUT2D eigenvalue weighted by atomic mass is 9.85. The lowest BCUT2D eigenvalue weighted by Crippen LogP contribution is -2.59. The van der Waals surface area contributed by atoms with Gasteiger partial charge in [0, 0.05) is 39.1 Å². The average Bonchev–Trinajstić information content (AvgIpc) is 3.21. The molecule has 10 nitrogen and oxygen atoms in total. The quantitative estimate of drug-likeness (QED) is 0.683. The number of piperidine rings is 1. The van der Waals surface area contributed by atoms with E-state index in [1.165, 1.54) is 27.9 Å². The number of nitrogens with zero attached hydrogens (tertiary/aromatic N) is 5. The second-order valence-corrected chi connectivity index (χ2v) is 7.00. The van der Waals surface area contributed by atoms with Crippen LogP contribution < -0.4 is 5.32 Å². The molecule has 1 aromatic carbocycles. The molecule has 11 heteroatoms. The van der Waals surface area contributed by atoms with Crippen LogP contribution in [-0.2, 0) is 20.9 Å². The number of nitrogens with one attached hydrogen (secondary N) is 1. The van der Waals surface area contributed by atoms with Gasteiger partial charge < -0.3 is 20.2 Å². The number of amides is 2. The normalized spacial score (nSPS) is 14.8. The zero-order valence-corrected chi connectivity index (χ0v) is 16.9. The first kappa shape index (κ1) is 22.8. The lowest BCUT2D eigenvalue weighted by molar-refractivity contribution is -0.140. The summed E-state index contributed by atoms with van der Waals surface area (Å²) < 4.78 is 15.0. The maximum absolute atomic E-state index is 13.6. The van der Waals surface area contributed by atoms with Gasteiger partial charge in [0.05, 0.1) is 6.20 Å². The maximum atomic E-state index is 13.6. The van der Waals surface area contributed by atoms with E-state index in [2.05, 4.69) is 15.6 Å². The second-order valence-electron chi connectivity index (χ2n) is 7.00. The molecule has 1 fully saturated rings. The molecule has 3 rings (SSSR count). The molecule has 2 N–H and O–H groups in total. The van der Waals surface area contributed by atoms with Crippen molar-refractivity contribution in [1.29, 1.82) is 0 Å². The van der Waals surface area contributed by atoms with Gasteiger partial charge in [0.15, 0.2) is 0 Å². The Morgan fingerprint density at radius 1 is 1.33 bits per heavy atom. The zero-order valence-electron chi connectivity index (χ0n) is 16.9. The van der Waals surface area contributed by atoms with Crippen LogP contribution in [-0.4, -0.2) is 80.9 Å². The summed E-state index contributed by atoms with van der Waals surface area (Å²) in [5, 5.41) is 17.6. The predicted octanol–water partition coefficient (Wildman–Crippen LogP) is 0.680. The molecule has 30 heavy (non-hydrogen) atoms. The molecule has 2 heterocycles. The van der Waals surface area contributed by atoms with Crippen molar-refractivity contribution in [3.63, 3.8) is 0 Å². The molecule has 0 spiro atoms. The van der Waals surface area contributed by atoms with Gasteiger partial charge in [-0.1, -0.05) is 11.3 Å². The molecule has 0 bridgehead atoms. The number of benzene rings is 1. The number of likely N-dealkylation sites (tertiary alicyclic amines) is 1. The van der Waals surface area contributed by atoms with Crippen LogP contribution in [0.4, 0.5) is 10.1 Å². The van der Waals surface area contributed by atoms with Crippen LogP contribution in [0.15, 0.2) is 36.7 Å². The summed E-state index contributed by atoms with van der Waals surface area (Å²) in [5.74, 6) is -0.528. The summed E-state index contributed by atoms with van der Waals surface area (Å²) in [6, 6.07) is 6.06. The van der Waals surface area contributed by atoms with E-state index in [1.54, 1.807) is 37.3 Å². The summed E-state index contributed by atoms with van der Waals surface area (Å²) in [4.78, 5) is 36.9. The van der Waals surface area contributed by atoms with Crippen molar-refractivity contribution >= 4 is 24.0 Å². The van der Waals surface area contributed by atoms with Crippen LogP contribution in [0.5, 0.6) is 0 Å². The molecule has 162 valence electrons. The fraction of sp³-hybridized carbons (Fsp3) is 0.421. The van der Waals surface area contributed by atoms with Crippen molar-refractivity contribution in [2.24, 2.45) is 0 Å². The van der Waals surface area contributed by atoms with Crippen LogP contribution in [0.3, 0.4) is 0 Å². The highest BCUT2D eigenvalue weighted by molar-refractivity contribution is 5.89. The number of carbonyl (C=O) groups excluding carboxylic acids is 2. The first-order valence-electron chi connectivity index (χ1n) is 9.26. The Balaban J connectivity index is 0.00000101. The zero-order chi connectivity index (χ0) is 22.1. The number of likely N-dealkylation sites (N-methyl/N-ethyl adjacent to an activating group) is 1. The largest absolute Gasteiger partial charge is 0.483 e. The molecule has 0 unspecified atom stereocenters. The van der Waals surface area contributed by atoms with Crippen LogP contribution in [0.1, 0.15) is 12.8 Å². The molecule has 0 saturated carbocycles. The SMILES string of the molecule is CN(C)C(=O)C1(Nc2cccc(F)c2)CCN(C(=O)Cn2ccnn2)CC1.O=CO. The molecule has 1 aromatic heterocycles. The molecule has 1 aliphatic heterocycles. The Labute approximate surface area is 173 Å². The van der Waals surface area contributed by atoms with Crippen molar-refractivity contribution < 1.29 is 23.9 Å². The Morgan fingerprint density at radius 2 is 2.00 bits per heavy atom. The second kappa shape index (κ2) is 10.3. The highest BCUT2D eigenvalue weighted by atomic mass is 19.1. The van der Waals surface area contributed by atoms with Gasteiger partial charge in [-0.05, 0) is 31.0 Å². The van der Waals surface area contributed by atoms with Gasteiger partial charge in [0.2, 0.25) is 11.8 Å². The number of carboxylic acid groups (broad SMARTS) is 1. The number of aromatic nitrogens is 3. The Hall–Kier alpha value is -3.50. The van der Waals surface area contributed by atoms with Crippen molar-refractivity contribution in [1.82, 2.24) is 24.8 Å². The minimum absolute atomic E-state index is 0.0721. The molecular weight excluding hydrogens is 395 g/mol. The molecule has 0 aliphatic carbocycles. The van der Waals surface area contributed by atoms with Crippen LogP contribution in [0.2, 0.25) is 0 Å². The average molecular weight is 420 g/mol. The third-order valence-electron chi connectivity index (χ3n) is 4.76. The van der Waals surface area contributed by atoms with Gasteiger partial charge in [-0.25, -0.2) is 9.07 Å². The van der Waals surface area contributed by atoms with Gasteiger partial charge in [-0.3, -0.25) is 14.4 Å². The molecule has 1 aliphatic rings. The molecule has 1 saturated heterocycles. The van der Waals surface area contributed by atoms with Gasteiger partial charge in [0.25, 0.3) is 6.47 Å². The number of halogens is 1. The van der Waals surface area contributed by atoms with Gasteiger partial charge in [-0.15, -0.1) is 5.10 Å². The first-order valence-corrected chi connectivity index (χ1v) is 9.26. The third-order valence-corrected chi connectivity index (χ3v) is 4.76. The standard InChI is InChI=1S/C18H23FN6O2.CH2O2/c1-23(2)17(27)18(21-15-5-3-4-14(19)12-15)6-9-24(10-7-18)16(26)13-25-11-8-20-22-25;2-1-3/h3-5,8,11-12,21H,6-7,9-10,13H2,1-2H3;1H,(H,2,3). The number of hydrogen-bond acceptors (Lipinski definition) is 6. The van der Waals surface area contributed by atoms with Gasteiger partial charge >= 0.3 is 0 Å². The topological polar surface area (TPSA) is 121 Å². The summed E-state index contributed by atoms with van der Waals surface area (Å²) in [6.45, 7) is 0.719. The van der Waals surface area contributed by atoms with Gasteiger partial charge in [-0.2, -0.15) is 0 Å². The fourth-order valence-corrected chi connectivity index (χ4v) is 3.36. The van der Waals surface area contributed by atoms with Crippen molar-refractivity contribution in [3.8, 4) is 0 Å². The van der Waals surface area contributed by atoms with E-state index in [4.69, 9.17) is 9.90 Å². The number of anilines is 1. The Kier molecular flexibility index (Phi) is 7.84. The first-order chi connectivity index (χ1) is 14.3. The molecular formula is C19H25FN6O4. The van der Waals surface area contributed by atoms with Crippen LogP contribution >= 0.6 is 0 Å². The molecule has 0 atom stereocenters. The number of hydrogen-bond donors (Lipinski definition) is 2. The van der Waals surface area contributed by atoms with Crippen molar-refractivity contribution in [2.45, 2.75) is 24.9 Å². The molecule has 2 amide bonds. The number of carbonyl (C=O) groups is 3. The molecule has 0 radical (unpaired) electrons. The summed E-state index contributed by atoms with van der Waals surface area (Å²) >= 11 is 0. The van der Waals surface area contributed by atoms with E-state index >= 15 is 0 Å². The fourth-order valence-electron chi connectivity index (χ4n) is 3.36. The highest BCUT2D eigenvalue weighted by Crippen LogP contribution is 2.29. The van der Waals surface area contributed by atoms with Gasteiger partial charge in [0.1, 0.15) is 17.9 Å². The van der Waals surface area contributed by atoms with E-state index in [1.807, 2.05) is 0 Å². The van der Waals surface area contributed by atoms with Crippen LogP contribution in [0.25, 0.3) is 0 Å². The van der Waals surface area contributed by atoms with E-state index in [0.29, 0.717) is 31.6 Å². The number of rotatable bonds is 5. The predicted molar refractivity (Wildman–Crippen MR) is 106 cm³/mol. The Bertz CT molecular complexity index is 850. The van der Waals surface area contributed by atoms with E-state index < -0.39 is 5.54 Å².